The van der Waals surface area contributed by atoms with Crippen LogP contribution in [0.4, 0.5) is 0 Å². The van der Waals surface area contributed by atoms with Crippen LogP contribution in [0.25, 0.3) is 15.9 Å². The summed E-state index contributed by atoms with van der Waals surface area (Å²) >= 11 is 3.27. The SMILES string of the molecule is CC1CCN(C(=O)CSc2nnc3c4c5c(sc4ncn23)C[C@H](C)CC5)CC1. The number of likely N-dealkylation sites (tertiary alicyclic amines) is 1. The summed E-state index contributed by atoms with van der Waals surface area (Å²) in [4.78, 5) is 21.8. The maximum absolute atomic E-state index is 12.6. The summed E-state index contributed by atoms with van der Waals surface area (Å²) in [6.45, 7) is 6.34. The lowest BCUT2D eigenvalue weighted by Crippen LogP contribution is -2.38. The lowest BCUT2D eigenvalue weighted by atomic mass is 9.89. The molecule has 1 fully saturated rings. The van der Waals surface area contributed by atoms with Gasteiger partial charge in [0.05, 0.1) is 11.1 Å². The highest BCUT2D eigenvalue weighted by atomic mass is 32.2. The fraction of sp³-hybridized carbons (Fsp3) is 0.600. The molecule has 1 amide bonds. The number of amides is 1. The Kier molecular flexibility index (Phi) is 4.79. The predicted octanol–water partition coefficient (Wildman–Crippen LogP) is 3.81. The van der Waals surface area contributed by atoms with Crippen molar-refractivity contribution >= 4 is 44.9 Å². The van der Waals surface area contributed by atoms with Gasteiger partial charge < -0.3 is 4.90 Å². The van der Waals surface area contributed by atoms with Gasteiger partial charge in [0.15, 0.2) is 10.8 Å². The number of carbonyl (C=O) groups excluding carboxylic acids is 1. The highest BCUT2D eigenvalue weighted by Crippen LogP contribution is 2.39. The minimum atomic E-state index is 0.199. The molecule has 3 aromatic rings. The number of aryl methyl sites for hydroxylation is 1. The van der Waals surface area contributed by atoms with E-state index in [4.69, 9.17) is 4.98 Å². The minimum absolute atomic E-state index is 0.199. The molecule has 0 radical (unpaired) electrons. The maximum atomic E-state index is 12.6. The molecule has 1 saturated heterocycles. The molecule has 0 spiro atoms. The highest BCUT2D eigenvalue weighted by molar-refractivity contribution is 7.99. The van der Waals surface area contributed by atoms with Crippen LogP contribution >= 0.6 is 23.1 Å². The average molecular weight is 416 g/mol. The van der Waals surface area contributed by atoms with Gasteiger partial charge in [-0.3, -0.25) is 9.20 Å². The van der Waals surface area contributed by atoms with Crippen molar-refractivity contribution in [1.82, 2.24) is 24.5 Å². The molecule has 2 aliphatic rings. The van der Waals surface area contributed by atoms with Gasteiger partial charge in [-0.2, -0.15) is 0 Å². The van der Waals surface area contributed by atoms with Gasteiger partial charge in [-0.15, -0.1) is 21.5 Å². The molecule has 0 bridgehead atoms. The zero-order valence-electron chi connectivity index (χ0n) is 16.3. The quantitative estimate of drug-likeness (QED) is 0.609. The van der Waals surface area contributed by atoms with Crippen LogP contribution in [-0.4, -0.2) is 49.2 Å². The molecule has 1 aliphatic carbocycles. The number of nitrogens with zero attached hydrogens (tertiary/aromatic N) is 5. The lowest BCUT2D eigenvalue weighted by molar-refractivity contribution is -0.129. The van der Waals surface area contributed by atoms with Crippen LogP contribution in [0.2, 0.25) is 0 Å². The standard InChI is InChI=1S/C20H25N5OS2/c1-12-5-7-24(8-6-12)16(26)10-27-20-23-22-18-17-14-4-3-13(2)9-15(14)28-19(17)21-11-25(18)20/h11-13H,3-10H2,1-2H3/t13-/m1/s1. The lowest BCUT2D eigenvalue weighted by Gasteiger charge is -2.30. The minimum Gasteiger partial charge on any atom is -0.342 e. The molecule has 0 unspecified atom stereocenters. The third-order valence-corrected chi connectivity index (χ3v) is 8.22. The molecule has 5 rings (SSSR count). The van der Waals surface area contributed by atoms with Crippen molar-refractivity contribution in [3.63, 3.8) is 0 Å². The molecule has 1 aliphatic heterocycles. The second-order valence-corrected chi connectivity index (χ2v) is 10.3. The first-order valence-corrected chi connectivity index (χ1v) is 11.9. The van der Waals surface area contributed by atoms with Gasteiger partial charge in [0.2, 0.25) is 5.91 Å². The van der Waals surface area contributed by atoms with Crippen LogP contribution in [0.5, 0.6) is 0 Å². The summed E-state index contributed by atoms with van der Waals surface area (Å²) in [6.07, 6.45) is 7.49. The molecular formula is C20H25N5OS2. The monoisotopic (exact) mass is 415 g/mol. The third-order valence-electron chi connectivity index (χ3n) is 6.13. The van der Waals surface area contributed by atoms with E-state index in [9.17, 15) is 4.79 Å². The third kappa shape index (κ3) is 3.20. The smallest absolute Gasteiger partial charge is 0.233 e. The van der Waals surface area contributed by atoms with Gasteiger partial charge in [0.25, 0.3) is 0 Å². The van der Waals surface area contributed by atoms with Crippen LogP contribution in [-0.2, 0) is 17.6 Å². The molecule has 148 valence electrons. The van der Waals surface area contributed by atoms with Crippen LogP contribution < -0.4 is 0 Å². The van der Waals surface area contributed by atoms with Gasteiger partial charge in [0, 0.05) is 18.0 Å². The molecule has 28 heavy (non-hydrogen) atoms. The van der Waals surface area contributed by atoms with E-state index >= 15 is 0 Å². The number of fused-ring (bicyclic) bond motifs is 5. The first-order valence-electron chi connectivity index (χ1n) is 10.1. The van der Waals surface area contributed by atoms with E-state index in [-0.39, 0.29) is 5.91 Å². The first-order chi connectivity index (χ1) is 13.6. The second-order valence-electron chi connectivity index (χ2n) is 8.30. The molecule has 0 N–H and O–H groups in total. The van der Waals surface area contributed by atoms with Crippen molar-refractivity contribution in [1.29, 1.82) is 0 Å². The van der Waals surface area contributed by atoms with Crippen molar-refractivity contribution in [2.24, 2.45) is 11.8 Å². The van der Waals surface area contributed by atoms with Gasteiger partial charge >= 0.3 is 0 Å². The summed E-state index contributed by atoms with van der Waals surface area (Å²) < 4.78 is 1.96. The summed E-state index contributed by atoms with van der Waals surface area (Å²) in [7, 11) is 0. The first kappa shape index (κ1) is 18.4. The average Bonchev–Trinajstić information content (AvgIpc) is 3.26. The molecule has 1 atom stereocenters. The molecule has 8 heteroatoms. The Labute approximate surface area is 172 Å². The Morgan fingerprint density at radius 2 is 2.04 bits per heavy atom. The molecule has 0 aromatic carbocycles. The zero-order chi connectivity index (χ0) is 19.3. The highest BCUT2D eigenvalue weighted by Gasteiger charge is 2.25. The zero-order valence-corrected chi connectivity index (χ0v) is 18.0. The summed E-state index contributed by atoms with van der Waals surface area (Å²) in [5.74, 6) is 2.08. The van der Waals surface area contributed by atoms with Crippen molar-refractivity contribution in [3.8, 4) is 0 Å². The number of carbonyl (C=O) groups is 1. The maximum Gasteiger partial charge on any atom is 0.233 e. The van der Waals surface area contributed by atoms with Crippen molar-refractivity contribution < 1.29 is 4.79 Å². The molecule has 6 nitrogen and oxygen atoms in total. The van der Waals surface area contributed by atoms with E-state index < -0.39 is 0 Å². The van der Waals surface area contributed by atoms with Crippen molar-refractivity contribution in [2.75, 3.05) is 18.8 Å². The van der Waals surface area contributed by atoms with E-state index in [0.29, 0.717) is 5.75 Å². The summed E-state index contributed by atoms with van der Waals surface area (Å²) in [6, 6.07) is 0. The molecular weight excluding hydrogens is 390 g/mol. The number of piperidine rings is 1. The normalized spacial score (nSPS) is 20.8. The van der Waals surface area contributed by atoms with Crippen LogP contribution in [0.1, 0.15) is 43.6 Å². The molecule has 4 heterocycles. The largest absolute Gasteiger partial charge is 0.342 e. The topological polar surface area (TPSA) is 63.4 Å². The van der Waals surface area contributed by atoms with Gasteiger partial charge in [0.1, 0.15) is 11.2 Å². The Bertz CT molecular complexity index is 1030. The fourth-order valence-electron chi connectivity index (χ4n) is 4.29. The Balaban J connectivity index is 1.39. The number of rotatable bonds is 3. The predicted molar refractivity (Wildman–Crippen MR) is 113 cm³/mol. The number of thioether (sulfide) groups is 1. The van der Waals surface area contributed by atoms with Crippen molar-refractivity contribution in [3.05, 3.63) is 16.8 Å². The number of hydrogen-bond acceptors (Lipinski definition) is 6. The van der Waals surface area contributed by atoms with Gasteiger partial charge in [-0.1, -0.05) is 25.6 Å². The van der Waals surface area contributed by atoms with Crippen LogP contribution in [0, 0.1) is 11.8 Å². The van der Waals surface area contributed by atoms with E-state index in [0.717, 1.165) is 66.2 Å². The molecule has 0 saturated carbocycles. The summed E-state index contributed by atoms with van der Waals surface area (Å²) in [5.41, 5.74) is 2.30. The fourth-order valence-corrected chi connectivity index (χ4v) is 6.45. The van der Waals surface area contributed by atoms with E-state index in [2.05, 4.69) is 24.0 Å². The van der Waals surface area contributed by atoms with Crippen LogP contribution in [0.3, 0.4) is 0 Å². The Morgan fingerprint density at radius 3 is 2.86 bits per heavy atom. The Morgan fingerprint density at radius 1 is 1.21 bits per heavy atom. The number of thiophene rings is 1. The van der Waals surface area contributed by atoms with E-state index in [1.807, 2.05) is 15.6 Å². The van der Waals surface area contributed by atoms with Gasteiger partial charge in [-0.25, -0.2) is 4.98 Å². The molecule has 3 aromatic heterocycles. The Hall–Kier alpha value is -1.67. The van der Waals surface area contributed by atoms with Crippen molar-refractivity contribution in [2.45, 2.75) is 51.1 Å². The number of hydrogen-bond donors (Lipinski definition) is 0. The number of aromatic nitrogens is 4. The second kappa shape index (κ2) is 7.30. The summed E-state index contributed by atoms with van der Waals surface area (Å²) in [5, 5.41) is 10.8. The van der Waals surface area contributed by atoms with Gasteiger partial charge in [-0.05, 0) is 49.5 Å². The van der Waals surface area contributed by atoms with Crippen LogP contribution in [0.15, 0.2) is 11.5 Å². The van der Waals surface area contributed by atoms with E-state index in [1.165, 1.54) is 34.0 Å². The van der Waals surface area contributed by atoms with E-state index in [1.54, 1.807) is 11.3 Å².